The number of nitrogens with zero attached hydrogens (tertiary/aromatic N) is 3. The first-order valence-corrected chi connectivity index (χ1v) is 8.76. The molecule has 1 aliphatic heterocycles. The van der Waals surface area contributed by atoms with Crippen LogP contribution in [0.2, 0.25) is 0 Å². The first kappa shape index (κ1) is 18.4. The van der Waals surface area contributed by atoms with Crippen molar-refractivity contribution in [2.24, 2.45) is 0 Å². The zero-order chi connectivity index (χ0) is 19.1. The fourth-order valence-corrected chi connectivity index (χ4v) is 3.22. The van der Waals surface area contributed by atoms with Crippen LogP contribution in [0.15, 0.2) is 42.7 Å². The van der Waals surface area contributed by atoms with Crippen LogP contribution in [-0.4, -0.2) is 36.5 Å². The number of anilines is 1. The Balaban J connectivity index is 1.62. The summed E-state index contributed by atoms with van der Waals surface area (Å²) in [6, 6.07) is 11.4. The summed E-state index contributed by atoms with van der Waals surface area (Å²) in [6.07, 6.45) is 4.77. The highest BCUT2D eigenvalue weighted by Gasteiger charge is 2.25. The molecule has 1 N–H and O–H groups in total. The predicted octanol–water partition coefficient (Wildman–Crippen LogP) is 2.66. The van der Waals surface area contributed by atoms with Crippen LogP contribution in [0.1, 0.15) is 34.3 Å². The van der Waals surface area contributed by atoms with E-state index >= 15 is 0 Å². The third kappa shape index (κ3) is 4.61. The molecule has 1 amide bonds. The fraction of sp³-hybridized carbons (Fsp3) is 0.300. The monoisotopic (exact) mass is 364 g/mol. The van der Waals surface area contributed by atoms with Crippen molar-refractivity contribution in [2.45, 2.75) is 25.5 Å². The molecule has 1 aliphatic rings. The maximum Gasteiger partial charge on any atom is 0.407 e. The minimum atomic E-state index is -0.475. The van der Waals surface area contributed by atoms with E-state index in [0.29, 0.717) is 36.2 Å². The Morgan fingerprint density at radius 3 is 2.93 bits per heavy atom. The van der Waals surface area contributed by atoms with Gasteiger partial charge in [-0.1, -0.05) is 30.3 Å². The Morgan fingerprint density at radius 1 is 1.37 bits per heavy atom. The van der Waals surface area contributed by atoms with Crippen LogP contribution in [0.5, 0.6) is 0 Å². The molecular weight excluding hydrogens is 344 g/mol. The minimum absolute atomic E-state index is 0.124. The zero-order valence-electron chi connectivity index (χ0n) is 14.8. The predicted molar refractivity (Wildman–Crippen MR) is 99.3 cm³/mol. The maximum absolute atomic E-state index is 12.1. The molecular formula is C20H20N4O3. The summed E-state index contributed by atoms with van der Waals surface area (Å²) in [4.78, 5) is 29.3. The number of rotatable bonds is 5. The summed E-state index contributed by atoms with van der Waals surface area (Å²) in [7, 11) is 0. The molecule has 0 radical (unpaired) electrons. The lowest BCUT2D eigenvalue weighted by Crippen LogP contribution is -2.48. The highest BCUT2D eigenvalue weighted by molar-refractivity contribution is 5.86. The van der Waals surface area contributed by atoms with Gasteiger partial charge in [0.25, 0.3) is 0 Å². The first-order chi connectivity index (χ1) is 13.2. The van der Waals surface area contributed by atoms with E-state index in [4.69, 9.17) is 4.74 Å². The van der Waals surface area contributed by atoms with Crippen molar-refractivity contribution < 1.29 is 14.3 Å². The SMILES string of the molecule is N#Cc1cncc(C=O)c1N1CCC[C@H](NC(=O)OCc2ccccc2)C1. The molecule has 0 spiro atoms. The number of ether oxygens (including phenoxy) is 1. The fourth-order valence-electron chi connectivity index (χ4n) is 3.22. The molecule has 2 aromatic rings. The smallest absolute Gasteiger partial charge is 0.407 e. The summed E-state index contributed by atoms with van der Waals surface area (Å²) in [5.74, 6) is 0. The maximum atomic E-state index is 12.1. The van der Waals surface area contributed by atoms with Gasteiger partial charge in [-0.05, 0) is 18.4 Å². The lowest BCUT2D eigenvalue weighted by Gasteiger charge is -2.35. The molecule has 2 heterocycles. The molecule has 1 aromatic heterocycles. The molecule has 0 unspecified atom stereocenters. The molecule has 1 fully saturated rings. The zero-order valence-corrected chi connectivity index (χ0v) is 14.8. The highest BCUT2D eigenvalue weighted by Crippen LogP contribution is 2.26. The van der Waals surface area contributed by atoms with Crippen molar-refractivity contribution in [3.63, 3.8) is 0 Å². The van der Waals surface area contributed by atoms with Gasteiger partial charge in [0, 0.05) is 31.5 Å². The summed E-state index contributed by atoms with van der Waals surface area (Å²) < 4.78 is 5.27. The largest absolute Gasteiger partial charge is 0.445 e. The van der Waals surface area contributed by atoms with E-state index in [-0.39, 0.29) is 12.6 Å². The number of hydrogen-bond donors (Lipinski definition) is 1. The van der Waals surface area contributed by atoms with E-state index in [1.807, 2.05) is 35.2 Å². The minimum Gasteiger partial charge on any atom is -0.445 e. The van der Waals surface area contributed by atoms with Crippen LogP contribution in [0.3, 0.4) is 0 Å². The van der Waals surface area contributed by atoms with Crippen molar-refractivity contribution in [1.29, 1.82) is 5.26 Å². The Hall–Kier alpha value is -3.40. The van der Waals surface area contributed by atoms with Gasteiger partial charge in [-0.3, -0.25) is 9.78 Å². The standard InChI is InChI=1S/C20H20N4O3/c21-9-16-10-22-11-17(13-25)19(16)24-8-4-7-18(12-24)23-20(26)27-14-15-5-2-1-3-6-15/h1-3,5-6,10-11,13,18H,4,7-8,12,14H2,(H,23,26)/t18-/m0/s1. The summed E-state index contributed by atoms with van der Waals surface area (Å²) in [5, 5.41) is 12.2. The molecule has 7 heteroatoms. The number of aldehydes is 1. The average molecular weight is 364 g/mol. The van der Waals surface area contributed by atoms with E-state index in [1.165, 1.54) is 12.4 Å². The van der Waals surface area contributed by atoms with Gasteiger partial charge in [0.05, 0.1) is 16.8 Å². The van der Waals surface area contributed by atoms with E-state index < -0.39 is 6.09 Å². The number of nitriles is 1. The van der Waals surface area contributed by atoms with Crippen LogP contribution in [0, 0.1) is 11.3 Å². The number of aromatic nitrogens is 1. The number of nitrogens with one attached hydrogen (secondary N) is 1. The lowest BCUT2D eigenvalue weighted by molar-refractivity contribution is 0.112. The molecule has 0 bridgehead atoms. The van der Waals surface area contributed by atoms with E-state index in [0.717, 1.165) is 18.4 Å². The van der Waals surface area contributed by atoms with Crippen molar-refractivity contribution in [1.82, 2.24) is 10.3 Å². The molecule has 0 aliphatic carbocycles. The van der Waals surface area contributed by atoms with Gasteiger partial charge in [-0.2, -0.15) is 5.26 Å². The van der Waals surface area contributed by atoms with Crippen molar-refractivity contribution in [2.75, 3.05) is 18.0 Å². The van der Waals surface area contributed by atoms with Gasteiger partial charge in [0.1, 0.15) is 12.7 Å². The summed E-state index contributed by atoms with van der Waals surface area (Å²) in [6.45, 7) is 1.41. The van der Waals surface area contributed by atoms with Crippen LogP contribution >= 0.6 is 0 Å². The van der Waals surface area contributed by atoms with Crippen LogP contribution in [-0.2, 0) is 11.3 Å². The number of alkyl carbamates (subject to hydrolysis) is 1. The van der Waals surface area contributed by atoms with Gasteiger partial charge in [0.2, 0.25) is 0 Å². The van der Waals surface area contributed by atoms with E-state index in [2.05, 4.69) is 16.4 Å². The van der Waals surface area contributed by atoms with Crippen molar-refractivity contribution >= 4 is 18.1 Å². The van der Waals surface area contributed by atoms with Crippen LogP contribution in [0.4, 0.5) is 10.5 Å². The Morgan fingerprint density at radius 2 is 2.19 bits per heavy atom. The number of carbonyl (C=O) groups is 2. The highest BCUT2D eigenvalue weighted by atomic mass is 16.5. The molecule has 3 rings (SSSR count). The summed E-state index contributed by atoms with van der Waals surface area (Å²) >= 11 is 0. The number of piperidine rings is 1. The average Bonchev–Trinajstić information content (AvgIpc) is 2.72. The normalized spacial score (nSPS) is 16.3. The second kappa shape index (κ2) is 8.81. The van der Waals surface area contributed by atoms with Crippen molar-refractivity contribution in [3.8, 4) is 6.07 Å². The molecule has 0 saturated carbocycles. The second-order valence-corrected chi connectivity index (χ2v) is 6.35. The van der Waals surface area contributed by atoms with Crippen molar-refractivity contribution in [3.05, 3.63) is 59.4 Å². The number of hydrogen-bond acceptors (Lipinski definition) is 6. The molecule has 138 valence electrons. The van der Waals surface area contributed by atoms with Gasteiger partial charge < -0.3 is 15.0 Å². The van der Waals surface area contributed by atoms with Gasteiger partial charge in [0.15, 0.2) is 6.29 Å². The first-order valence-electron chi connectivity index (χ1n) is 8.76. The lowest BCUT2D eigenvalue weighted by atomic mass is 10.0. The molecule has 1 saturated heterocycles. The third-order valence-electron chi connectivity index (χ3n) is 4.47. The summed E-state index contributed by atoms with van der Waals surface area (Å²) in [5.41, 5.74) is 2.23. The number of benzene rings is 1. The molecule has 1 atom stereocenters. The quantitative estimate of drug-likeness (QED) is 0.820. The Kier molecular flexibility index (Phi) is 6.00. The van der Waals surface area contributed by atoms with Crippen LogP contribution in [0.25, 0.3) is 0 Å². The number of amides is 1. The van der Waals surface area contributed by atoms with E-state index in [1.54, 1.807) is 0 Å². The van der Waals surface area contributed by atoms with Gasteiger partial charge >= 0.3 is 6.09 Å². The van der Waals surface area contributed by atoms with Gasteiger partial charge in [-0.25, -0.2) is 4.79 Å². The number of carbonyl (C=O) groups excluding carboxylic acids is 2. The van der Waals surface area contributed by atoms with Gasteiger partial charge in [-0.15, -0.1) is 0 Å². The number of pyridine rings is 1. The Bertz CT molecular complexity index is 848. The van der Waals surface area contributed by atoms with E-state index in [9.17, 15) is 14.9 Å². The molecule has 27 heavy (non-hydrogen) atoms. The topological polar surface area (TPSA) is 95.3 Å². The molecule has 1 aromatic carbocycles. The third-order valence-corrected chi connectivity index (χ3v) is 4.47. The Labute approximate surface area is 157 Å². The molecule has 7 nitrogen and oxygen atoms in total. The van der Waals surface area contributed by atoms with Crippen LogP contribution < -0.4 is 10.2 Å². The second-order valence-electron chi connectivity index (χ2n) is 6.35.